The molecule has 0 unspecified atom stereocenters. The molecule has 1 aromatic carbocycles. The monoisotopic (exact) mass is 273 g/mol. The van der Waals surface area contributed by atoms with Gasteiger partial charge in [0, 0.05) is 19.0 Å². The van der Waals surface area contributed by atoms with E-state index in [4.69, 9.17) is 0 Å². The number of amides is 1. The second-order valence-electron chi connectivity index (χ2n) is 6.89. The zero-order valence-corrected chi connectivity index (χ0v) is 12.5. The fourth-order valence-corrected chi connectivity index (χ4v) is 3.22. The second kappa shape index (κ2) is 4.32. The van der Waals surface area contributed by atoms with E-state index in [1.54, 1.807) is 0 Å². The average Bonchev–Trinajstić information content (AvgIpc) is 3.14. The van der Waals surface area contributed by atoms with Crippen LogP contribution in [-0.2, 0) is 10.2 Å². The van der Waals surface area contributed by atoms with Crippen LogP contribution >= 0.6 is 0 Å². The summed E-state index contributed by atoms with van der Waals surface area (Å²) in [5.74, 6) is 0.339. The molecule has 3 heteroatoms. The molecule has 3 rings (SSSR count). The molecule has 1 amide bonds. The first-order chi connectivity index (χ1) is 9.35. The highest BCUT2D eigenvalue weighted by molar-refractivity contribution is 5.91. The normalized spacial score (nSPS) is 31.4. The summed E-state index contributed by atoms with van der Waals surface area (Å²) in [6, 6.07) is 8.31. The topological polar surface area (TPSA) is 40.5 Å². The number of β-amino-alcohol motifs (C(OH)–C–C–N with tert-alkyl or cyclic N) is 1. The molecule has 2 fully saturated rings. The first-order valence-corrected chi connectivity index (χ1v) is 7.44. The highest BCUT2D eigenvalue weighted by atomic mass is 16.3. The summed E-state index contributed by atoms with van der Waals surface area (Å²) in [4.78, 5) is 14.7. The van der Waals surface area contributed by atoms with E-state index in [-0.39, 0.29) is 17.2 Å². The zero-order chi connectivity index (χ0) is 14.5. The molecule has 108 valence electrons. The third-order valence-electron chi connectivity index (χ3n) is 5.12. The van der Waals surface area contributed by atoms with Crippen LogP contribution in [0.15, 0.2) is 24.3 Å². The first-order valence-electron chi connectivity index (χ1n) is 7.44. The Bertz CT molecular complexity index is 528. The molecule has 2 aliphatic rings. The Labute approximate surface area is 120 Å². The van der Waals surface area contributed by atoms with Crippen LogP contribution in [0, 0.1) is 12.8 Å². The Morgan fingerprint density at radius 2 is 1.90 bits per heavy atom. The predicted octanol–water partition coefficient (Wildman–Crippen LogP) is 2.26. The van der Waals surface area contributed by atoms with E-state index in [0.29, 0.717) is 13.1 Å². The minimum absolute atomic E-state index is 0.139. The number of aryl methyl sites for hydroxylation is 1. The molecule has 0 spiro atoms. The summed E-state index contributed by atoms with van der Waals surface area (Å²) >= 11 is 0. The largest absolute Gasteiger partial charge is 0.388 e. The van der Waals surface area contributed by atoms with Crippen molar-refractivity contribution in [2.45, 2.75) is 44.6 Å². The van der Waals surface area contributed by atoms with Crippen molar-refractivity contribution >= 4 is 5.91 Å². The van der Waals surface area contributed by atoms with Crippen molar-refractivity contribution in [2.75, 3.05) is 13.1 Å². The number of rotatable bonds is 2. The summed E-state index contributed by atoms with van der Waals surface area (Å²) < 4.78 is 0. The van der Waals surface area contributed by atoms with E-state index in [1.165, 1.54) is 5.56 Å². The van der Waals surface area contributed by atoms with Gasteiger partial charge in [-0.2, -0.15) is 0 Å². The van der Waals surface area contributed by atoms with Crippen LogP contribution in [0.3, 0.4) is 0 Å². The molecule has 20 heavy (non-hydrogen) atoms. The first kappa shape index (κ1) is 13.6. The third-order valence-corrected chi connectivity index (χ3v) is 5.12. The lowest BCUT2D eigenvalue weighted by Crippen LogP contribution is -2.40. The average molecular weight is 273 g/mol. The minimum atomic E-state index is -0.751. The number of carbonyl (C=O) groups is 1. The minimum Gasteiger partial charge on any atom is -0.388 e. The van der Waals surface area contributed by atoms with Crippen LogP contribution in [0.5, 0.6) is 0 Å². The van der Waals surface area contributed by atoms with Gasteiger partial charge in [-0.05, 0) is 32.3 Å². The summed E-state index contributed by atoms with van der Waals surface area (Å²) in [5.41, 5.74) is 1.29. The highest BCUT2D eigenvalue weighted by Crippen LogP contribution is 2.50. The second-order valence-corrected chi connectivity index (χ2v) is 6.89. The third kappa shape index (κ3) is 2.05. The maximum atomic E-state index is 12.9. The van der Waals surface area contributed by atoms with Gasteiger partial charge in [0.2, 0.25) is 5.91 Å². The molecule has 1 N–H and O–H groups in total. The molecule has 2 atom stereocenters. The number of hydrogen-bond donors (Lipinski definition) is 1. The van der Waals surface area contributed by atoms with Gasteiger partial charge in [-0.1, -0.05) is 36.8 Å². The molecule has 1 aromatic rings. The van der Waals surface area contributed by atoms with E-state index >= 15 is 0 Å². The molecule has 1 saturated carbocycles. The summed E-state index contributed by atoms with van der Waals surface area (Å²) in [6.45, 7) is 7.03. The Morgan fingerprint density at radius 1 is 1.30 bits per heavy atom. The molecule has 1 heterocycles. The van der Waals surface area contributed by atoms with Gasteiger partial charge in [-0.25, -0.2) is 0 Å². The zero-order valence-electron chi connectivity index (χ0n) is 12.5. The van der Waals surface area contributed by atoms with Gasteiger partial charge in [0.05, 0.1) is 11.0 Å². The molecule has 3 nitrogen and oxygen atoms in total. The number of carbonyl (C=O) groups excluding carboxylic acids is 1. The quantitative estimate of drug-likeness (QED) is 0.898. The molecular formula is C17H23NO2. The number of nitrogens with zero attached hydrogens (tertiary/aromatic N) is 1. The van der Waals surface area contributed by atoms with Gasteiger partial charge in [-0.15, -0.1) is 0 Å². The lowest BCUT2D eigenvalue weighted by Gasteiger charge is -2.24. The van der Waals surface area contributed by atoms with Crippen LogP contribution in [0.1, 0.15) is 37.8 Å². The molecule has 1 aliphatic heterocycles. The number of hydrogen-bond acceptors (Lipinski definition) is 2. The molecule has 1 aliphatic carbocycles. The van der Waals surface area contributed by atoms with E-state index in [1.807, 2.05) is 18.7 Å². The molecule has 0 radical (unpaired) electrons. The fraction of sp³-hybridized carbons (Fsp3) is 0.588. The molecule has 0 bridgehead atoms. The lowest BCUT2D eigenvalue weighted by atomic mass is 9.93. The standard InChI is InChI=1S/C17H23NO2/c1-12-4-6-14(7-5-12)17(8-9-17)15(19)18-10-13(2)16(3,20)11-18/h4-7,13,20H,8-11H2,1-3H3/t13-,16+/m0/s1. The van der Waals surface area contributed by atoms with Gasteiger partial charge in [0.25, 0.3) is 0 Å². The van der Waals surface area contributed by atoms with Crippen LogP contribution in [-0.4, -0.2) is 34.6 Å². The lowest BCUT2D eigenvalue weighted by molar-refractivity contribution is -0.133. The van der Waals surface area contributed by atoms with Crippen molar-refractivity contribution in [3.8, 4) is 0 Å². The van der Waals surface area contributed by atoms with E-state index in [2.05, 4.69) is 31.2 Å². The smallest absolute Gasteiger partial charge is 0.233 e. The fourth-order valence-electron chi connectivity index (χ4n) is 3.22. The van der Waals surface area contributed by atoms with Gasteiger partial charge < -0.3 is 10.0 Å². The van der Waals surface area contributed by atoms with Gasteiger partial charge >= 0.3 is 0 Å². The van der Waals surface area contributed by atoms with E-state index in [9.17, 15) is 9.90 Å². The maximum absolute atomic E-state index is 12.9. The van der Waals surface area contributed by atoms with Gasteiger partial charge in [-0.3, -0.25) is 4.79 Å². The van der Waals surface area contributed by atoms with Crippen LogP contribution in [0.2, 0.25) is 0 Å². The van der Waals surface area contributed by atoms with Gasteiger partial charge in [0.1, 0.15) is 0 Å². The number of likely N-dealkylation sites (tertiary alicyclic amines) is 1. The maximum Gasteiger partial charge on any atom is 0.233 e. The summed E-state index contributed by atoms with van der Waals surface area (Å²) in [6.07, 6.45) is 1.86. The summed E-state index contributed by atoms with van der Waals surface area (Å²) in [7, 11) is 0. The van der Waals surface area contributed by atoms with E-state index in [0.717, 1.165) is 18.4 Å². The van der Waals surface area contributed by atoms with Crippen molar-refractivity contribution < 1.29 is 9.90 Å². The van der Waals surface area contributed by atoms with Crippen LogP contribution in [0.25, 0.3) is 0 Å². The number of benzene rings is 1. The molecular weight excluding hydrogens is 250 g/mol. The van der Waals surface area contributed by atoms with Crippen LogP contribution in [0.4, 0.5) is 0 Å². The van der Waals surface area contributed by atoms with Crippen molar-refractivity contribution in [1.29, 1.82) is 0 Å². The predicted molar refractivity (Wildman–Crippen MR) is 78.5 cm³/mol. The van der Waals surface area contributed by atoms with Crippen LogP contribution < -0.4 is 0 Å². The molecule has 0 aromatic heterocycles. The van der Waals surface area contributed by atoms with Crippen molar-refractivity contribution in [3.05, 3.63) is 35.4 Å². The van der Waals surface area contributed by atoms with E-state index < -0.39 is 5.60 Å². The molecule has 1 saturated heterocycles. The SMILES string of the molecule is Cc1ccc(C2(C(=O)N3C[C@H](C)[C@](C)(O)C3)CC2)cc1. The van der Waals surface area contributed by atoms with Crippen molar-refractivity contribution in [3.63, 3.8) is 0 Å². The highest BCUT2D eigenvalue weighted by Gasteiger charge is 2.55. The Balaban J connectivity index is 1.83. The summed E-state index contributed by atoms with van der Waals surface area (Å²) in [5, 5.41) is 10.3. The van der Waals surface area contributed by atoms with Crippen molar-refractivity contribution in [2.24, 2.45) is 5.92 Å². The number of aliphatic hydroxyl groups is 1. The Hall–Kier alpha value is -1.35. The Kier molecular flexibility index (Phi) is 2.94. The Morgan fingerprint density at radius 3 is 2.35 bits per heavy atom. The van der Waals surface area contributed by atoms with Gasteiger partial charge in [0.15, 0.2) is 0 Å². The van der Waals surface area contributed by atoms with Crippen molar-refractivity contribution in [1.82, 2.24) is 4.90 Å².